The SMILES string of the molecule is CC(C)(C)c1cc(NC(=O)Nc2cccc3ccccc23)n(-c2ccc3c(c2)C(=O)NCC3)n1. The number of benzene rings is 3. The highest BCUT2D eigenvalue weighted by Gasteiger charge is 2.23. The summed E-state index contributed by atoms with van der Waals surface area (Å²) in [7, 11) is 0. The van der Waals surface area contributed by atoms with Crippen molar-refractivity contribution in [3.63, 3.8) is 0 Å². The van der Waals surface area contributed by atoms with E-state index in [9.17, 15) is 9.59 Å². The third-order valence-electron chi connectivity index (χ3n) is 6.02. The Morgan fingerprint density at radius 3 is 2.62 bits per heavy atom. The number of rotatable bonds is 3. The zero-order chi connectivity index (χ0) is 23.9. The number of urea groups is 1. The Morgan fingerprint density at radius 2 is 1.79 bits per heavy atom. The summed E-state index contributed by atoms with van der Waals surface area (Å²) in [5, 5.41) is 15.6. The minimum absolute atomic E-state index is 0.0884. The van der Waals surface area contributed by atoms with E-state index in [0.29, 0.717) is 23.6 Å². The maximum absolute atomic E-state index is 13.0. The van der Waals surface area contributed by atoms with E-state index >= 15 is 0 Å². The Balaban J connectivity index is 1.49. The number of anilines is 2. The molecule has 4 aromatic rings. The summed E-state index contributed by atoms with van der Waals surface area (Å²) in [6, 6.07) is 20.9. The predicted octanol–water partition coefficient (Wildman–Crippen LogP) is 5.25. The number of nitrogens with one attached hydrogen (secondary N) is 3. The van der Waals surface area contributed by atoms with Gasteiger partial charge in [0, 0.05) is 29.0 Å². The molecule has 7 heteroatoms. The smallest absolute Gasteiger partial charge is 0.324 e. The molecular formula is C27H27N5O2. The first-order valence-corrected chi connectivity index (χ1v) is 11.4. The van der Waals surface area contributed by atoms with Crippen LogP contribution in [0.2, 0.25) is 0 Å². The molecule has 1 aromatic heterocycles. The average molecular weight is 454 g/mol. The van der Waals surface area contributed by atoms with Crippen LogP contribution in [0.15, 0.2) is 66.7 Å². The summed E-state index contributed by atoms with van der Waals surface area (Å²) in [4.78, 5) is 25.4. The van der Waals surface area contributed by atoms with Gasteiger partial charge in [-0.25, -0.2) is 9.48 Å². The van der Waals surface area contributed by atoms with Crippen molar-refractivity contribution in [3.05, 3.63) is 83.6 Å². The van der Waals surface area contributed by atoms with Crippen molar-refractivity contribution in [2.45, 2.75) is 32.6 Å². The number of amides is 3. The van der Waals surface area contributed by atoms with Gasteiger partial charge in [0.05, 0.1) is 17.1 Å². The summed E-state index contributed by atoms with van der Waals surface area (Å²) in [5.74, 6) is 0.438. The third kappa shape index (κ3) is 4.12. The van der Waals surface area contributed by atoms with E-state index in [1.807, 2.05) is 66.7 Å². The van der Waals surface area contributed by atoms with Crippen LogP contribution in [0.5, 0.6) is 0 Å². The van der Waals surface area contributed by atoms with Crippen LogP contribution < -0.4 is 16.0 Å². The van der Waals surface area contributed by atoms with Gasteiger partial charge in [0.25, 0.3) is 5.91 Å². The lowest BCUT2D eigenvalue weighted by molar-refractivity contribution is 0.0946. The van der Waals surface area contributed by atoms with Crippen LogP contribution in [0.4, 0.5) is 16.3 Å². The van der Waals surface area contributed by atoms with Crippen LogP contribution in [0, 0.1) is 0 Å². The third-order valence-corrected chi connectivity index (χ3v) is 6.02. The van der Waals surface area contributed by atoms with Gasteiger partial charge in [-0.15, -0.1) is 0 Å². The van der Waals surface area contributed by atoms with Gasteiger partial charge >= 0.3 is 6.03 Å². The van der Waals surface area contributed by atoms with Crippen molar-refractivity contribution in [1.82, 2.24) is 15.1 Å². The fourth-order valence-electron chi connectivity index (χ4n) is 4.17. The molecule has 5 rings (SSSR count). The molecule has 0 radical (unpaired) electrons. The molecule has 0 fully saturated rings. The highest BCUT2D eigenvalue weighted by atomic mass is 16.2. The minimum Gasteiger partial charge on any atom is -0.352 e. The minimum atomic E-state index is -0.367. The summed E-state index contributed by atoms with van der Waals surface area (Å²) in [5.41, 5.74) is 3.70. The van der Waals surface area contributed by atoms with Crippen molar-refractivity contribution in [2.24, 2.45) is 0 Å². The van der Waals surface area contributed by atoms with E-state index in [0.717, 1.165) is 34.1 Å². The molecule has 1 aliphatic heterocycles. The monoisotopic (exact) mass is 453 g/mol. The molecule has 0 bridgehead atoms. The van der Waals surface area contributed by atoms with Crippen molar-refractivity contribution in [3.8, 4) is 5.69 Å². The normalized spacial score (nSPS) is 13.3. The highest BCUT2D eigenvalue weighted by Crippen LogP contribution is 2.28. The Kier molecular flexibility index (Phi) is 5.32. The summed E-state index contributed by atoms with van der Waals surface area (Å²) >= 11 is 0. The molecule has 0 aliphatic carbocycles. The summed E-state index contributed by atoms with van der Waals surface area (Å²) in [6.45, 7) is 6.85. The first-order valence-electron chi connectivity index (χ1n) is 11.4. The van der Waals surface area contributed by atoms with E-state index in [2.05, 4.69) is 36.7 Å². The number of carbonyl (C=O) groups is 2. The second-order valence-electron chi connectivity index (χ2n) is 9.53. The molecule has 0 atom stereocenters. The maximum Gasteiger partial charge on any atom is 0.324 e. The molecule has 2 heterocycles. The van der Waals surface area contributed by atoms with Crippen LogP contribution in [-0.2, 0) is 11.8 Å². The topological polar surface area (TPSA) is 88.0 Å². The number of nitrogens with zero attached hydrogens (tertiary/aromatic N) is 2. The van der Waals surface area contributed by atoms with Crippen LogP contribution in [0.3, 0.4) is 0 Å². The molecule has 0 saturated carbocycles. The molecule has 3 N–H and O–H groups in total. The van der Waals surface area contributed by atoms with E-state index in [-0.39, 0.29) is 17.4 Å². The lowest BCUT2D eigenvalue weighted by atomic mass is 9.92. The number of hydrogen-bond donors (Lipinski definition) is 3. The first-order chi connectivity index (χ1) is 16.3. The molecule has 7 nitrogen and oxygen atoms in total. The number of hydrogen-bond acceptors (Lipinski definition) is 3. The Morgan fingerprint density at radius 1 is 1.00 bits per heavy atom. The molecule has 172 valence electrons. The molecular weight excluding hydrogens is 426 g/mol. The average Bonchev–Trinajstić information content (AvgIpc) is 3.24. The number of fused-ring (bicyclic) bond motifs is 2. The highest BCUT2D eigenvalue weighted by molar-refractivity contribution is 6.06. The van der Waals surface area contributed by atoms with Crippen LogP contribution >= 0.6 is 0 Å². The van der Waals surface area contributed by atoms with E-state index in [1.54, 1.807) is 4.68 Å². The zero-order valence-corrected chi connectivity index (χ0v) is 19.5. The fraction of sp³-hybridized carbons (Fsp3) is 0.222. The van der Waals surface area contributed by atoms with Gasteiger partial charge in [-0.2, -0.15) is 5.10 Å². The quantitative estimate of drug-likeness (QED) is 0.396. The van der Waals surface area contributed by atoms with Crippen molar-refractivity contribution < 1.29 is 9.59 Å². The van der Waals surface area contributed by atoms with Gasteiger partial charge in [-0.1, -0.05) is 63.2 Å². The lowest BCUT2D eigenvalue weighted by Crippen LogP contribution is -2.31. The van der Waals surface area contributed by atoms with E-state index < -0.39 is 0 Å². The van der Waals surface area contributed by atoms with Gasteiger partial charge in [-0.05, 0) is 35.6 Å². The second-order valence-corrected chi connectivity index (χ2v) is 9.53. The second kappa shape index (κ2) is 8.33. The molecule has 0 saturated heterocycles. The summed E-state index contributed by atoms with van der Waals surface area (Å²) in [6.07, 6.45) is 0.798. The zero-order valence-electron chi connectivity index (χ0n) is 19.5. The fourth-order valence-corrected chi connectivity index (χ4v) is 4.17. The van der Waals surface area contributed by atoms with Crippen LogP contribution in [0.1, 0.15) is 42.4 Å². The van der Waals surface area contributed by atoms with E-state index in [1.165, 1.54) is 0 Å². The molecule has 34 heavy (non-hydrogen) atoms. The van der Waals surface area contributed by atoms with Crippen LogP contribution in [0.25, 0.3) is 16.5 Å². The largest absolute Gasteiger partial charge is 0.352 e. The Hall–Kier alpha value is -4.13. The van der Waals surface area contributed by atoms with Crippen molar-refractivity contribution in [2.75, 3.05) is 17.2 Å². The molecule has 0 unspecified atom stereocenters. The molecule has 1 aliphatic rings. The van der Waals surface area contributed by atoms with Crippen molar-refractivity contribution >= 4 is 34.2 Å². The van der Waals surface area contributed by atoms with Gasteiger partial charge in [-0.3, -0.25) is 10.1 Å². The van der Waals surface area contributed by atoms with Gasteiger partial charge in [0.1, 0.15) is 5.82 Å². The van der Waals surface area contributed by atoms with E-state index in [4.69, 9.17) is 5.10 Å². The lowest BCUT2D eigenvalue weighted by Gasteiger charge is -2.18. The van der Waals surface area contributed by atoms with Gasteiger partial charge in [0.15, 0.2) is 0 Å². The molecule has 3 amide bonds. The van der Waals surface area contributed by atoms with Crippen LogP contribution in [-0.4, -0.2) is 28.3 Å². The standard InChI is InChI=1S/C27H27N5O2/c1-27(2,3)23-16-24(30-26(34)29-22-10-6-8-17-7-4-5-9-20(17)22)32(31-23)19-12-11-18-13-14-28-25(33)21(18)15-19/h4-12,15-16H,13-14H2,1-3H3,(H,28,33)(H2,29,30,34). The Labute approximate surface area is 198 Å². The van der Waals surface area contributed by atoms with Crippen molar-refractivity contribution in [1.29, 1.82) is 0 Å². The number of carbonyl (C=O) groups excluding carboxylic acids is 2. The Bertz CT molecular complexity index is 1410. The first kappa shape index (κ1) is 21.7. The van der Waals surface area contributed by atoms with Gasteiger partial charge in [0.2, 0.25) is 0 Å². The summed E-state index contributed by atoms with van der Waals surface area (Å²) < 4.78 is 1.69. The van der Waals surface area contributed by atoms with Gasteiger partial charge < -0.3 is 10.6 Å². The number of aromatic nitrogens is 2. The maximum atomic E-state index is 13.0. The molecule has 0 spiro atoms. The predicted molar refractivity (Wildman–Crippen MR) is 135 cm³/mol. The molecule has 3 aromatic carbocycles.